The molecule has 8 heteroatoms. The summed E-state index contributed by atoms with van der Waals surface area (Å²) in [7, 11) is 3.53. The number of hydrogen-bond donors (Lipinski definition) is 2. The fourth-order valence-corrected chi connectivity index (χ4v) is 2.10. The molecule has 0 fully saturated rings. The first-order valence-electron chi connectivity index (χ1n) is 7.27. The van der Waals surface area contributed by atoms with E-state index in [0.29, 0.717) is 17.4 Å². The van der Waals surface area contributed by atoms with Crippen molar-refractivity contribution < 1.29 is 23.1 Å². The van der Waals surface area contributed by atoms with E-state index in [-0.39, 0.29) is 11.3 Å². The molecule has 0 spiro atoms. The molecule has 3 N–H and O–H groups in total. The fraction of sp³-hybridized carbons (Fsp3) is 0.176. The first-order chi connectivity index (χ1) is 11.8. The second-order valence-electron chi connectivity index (χ2n) is 5.40. The van der Waals surface area contributed by atoms with Gasteiger partial charge < -0.3 is 20.7 Å². The van der Waals surface area contributed by atoms with Crippen LogP contribution in [0.15, 0.2) is 36.4 Å². The highest BCUT2D eigenvalue weighted by Crippen LogP contribution is 2.26. The van der Waals surface area contributed by atoms with Crippen LogP contribution < -0.4 is 20.7 Å². The van der Waals surface area contributed by atoms with Crippen molar-refractivity contribution >= 4 is 23.2 Å². The minimum Gasteiger partial charge on any atom is -0.481 e. The topological polar surface area (TPSA) is 84.7 Å². The summed E-state index contributed by atoms with van der Waals surface area (Å²) in [5.74, 6) is -3.10. The van der Waals surface area contributed by atoms with Crippen LogP contribution in [-0.4, -0.2) is 32.5 Å². The van der Waals surface area contributed by atoms with Crippen LogP contribution in [0.5, 0.6) is 5.75 Å². The number of nitrogens with two attached hydrogens (primary N) is 1. The molecule has 0 unspecified atom stereocenters. The number of nitrogens with zero attached hydrogens (tertiary/aromatic N) is 1. The predicted molar refractivity (Wildman–Crippen MR) is 89.8 cm³/mol. The van der Waals surface area contributed by atoms with Gasteiger partial charge in [0.15, 0.2) is 18.2 Å². The third kappa shape index (κ3) is 4.66. The Hall–Kier alpha value is -3.16. The molecule has 0 atom stereocenters. The van der Waals surface area contributed by atoms with Crippen molar-refractivity contribution in [3.8, 4) is 5.75 Å². The Labute approximate surface area is 143 Å². The number of ether oxygens (including phenoxy) is 1. The molecule has 2 amide bonds. The molecular weight excluding hydrogens is 332 g/mol. The van der Waals surface area contributed by atoms with Crippen LogP contribution in [-0.2, 0) is 4.79 Å². The monoisotopic (exact) mass is 349 g/mol. The molecule has 0 aliphatic carbocycles. The zero-order valence-corrected chi connectivity index (χ0v) is 13.7. The molecule has 132 valence electrons. The summed E-state index contributed by atoms with van der Waals surface area (Å²) in [5.41, 5.74) is 6.47. The third-order valence-electron chi connectivity index (χ3n) is 3.29. The third-order valence-corrected chi connectivity index (χ3v) is 3.29. The molecule has 25 heavy (non-hydrogen) atoms. The summed E-state index contributed by atoms with van der Waals surface area (Å²) in [6.07, 6.45) is 0. The van der Waals surface area contributed by atoms with Crippen molar-refractivity contribution in [2.45, 2.75) is 0 Å². The standard InChI is InChI=1S/C17H17F2N3O3/c1-22(2)14-5-3-10(17(20)24)7-13(14)21-16(23)9-25-15-6-4-11(18)8-12(15)19/h3-8H,9H2,1-2H3,(H2,20,24)(H,21,23). The average molecular weight is 349 g/mol. The molecule has 0 aliphatic heterocycles. The summed E-state index contributed by atoms with van der Waals surface area (Å²) in [6, 6.07) is 7.39. The van der Waals surface area contributed by atoms with Crippen molar-refractivity contribution in [2.24, 2.45) is 5.73 Å². The average Bonchev–Trinajstić information content (AvgIpc) is 2.53. The normalized spacial score (nSPS) is 10.2. The van der Waals surface area contributed by atoms with Gasteiger partial charge in [-0.05, 0) is 30.3 Å². The van der Waals surface area contributed by atoms with Gasteiger partial charge in [-0.1, -0.05) is 0 Å². The summed E-state index contributed by atoms with van der Waals surface area (Å²) < 4.78 is 31.4. The number of carbonyl (C=O) groups excluding carboxylic acids is 2. The number of amides is 2. The van der Waals surface area contributed by atoms with E-state index >= 15 is 0 Å². The highest BCUT2D eigenvalue weighted by molar-refractivity contribution is 5.99. The SMILES string of the molecule is CN(C)c1ccc(C(N)=O)cc1NC(=O)COc1ccc(F)cc1F. The van der Waals surface area contributed by atoms with Crippen molar-refractivity contribution in [3.63, 3.8) is 0 Å². The number of carbonyl (C=O) groups is 2. The van der Waals surface area contributed by atoms with Gasteiger partial charge >= 0.3 is 0 Å². The van der Waals surface area contributed by atoms with Crippen LogP contribution in [0.3, 0.4) is 0 Å². The van der Waals surface area contributed by atoms with Crippen LogP contribution in [0.4, 0.5) is 20.2 Å². The molecule has 0 radical (unpaired) electrons. The van der Waals surface area contributed by atoms with Gasteiger partial charge in [-0.2, -0.15) is 0 Å². The van der Waals surface area contributed by atoms with Gasteiger partial charge in [0.05, 0.1) is 11.4 Å². The van der Waals surface area contributed by atoms with Crippen molar-refractivity contribution in [2.75, 3.05) is 30.9 Å². The molecule has 0 aliphatic rings. The molecule has 6 nitrogen and oxygen atoms in total. The molecule has 2 aromatic carbocycles. The Morgan fingerprint density at radius 2 is 1.88 bits per heavy atom. The van der Waals surface area contributed by atoms with Gasteiger partial charge in [-0.3, -0.25) is 9.59 Å². The fourth-order valence-electron chi connectivity index (χ4n) is 2.10. The number of halogens is 2. The number of hydrogen-bond acceptors (Lipinski definition) is 4. The van der Waals surface area contributed by atoms with Crippen LogP contribution in [0.25, 0.3) is 0 Å². The van der Waals surface area contributed by atoms with Crippen LogP contribution in [0.2, 0.25) is 0 Å². The summed E-state index contributed by atoms with van der Waals surface area (Å²) in [4.78, 5) is 25.1. The zero-order chi connectivity index (χ0) is 18.6. The lowest BCUT2D eigenvalue weighted by atomic mass is 10.1. The largest absolute Gasteiger partial charge is 0.481 e. The van der Waals surface area contributed by atoms with Crippen LogP contribution >= 0.6 is 0 Å². The lowest BCUT2D eigenvalue weighted by Crippen LogP contribution is -2.23. The van der Waals surface area contributed by atoms with E-state index in [0.717, 1.165) is 12.1 Å². The number of anilines is 2. The maximum Gasteiger partial charge on any atom is 0.262 e. The maximum absolute atomic E-state index is 13.5. The minimum atomic E-state index is -0.905. The summed E-state index contributed by atoms with van der Waals surface area (Å²) in [6.45, 7) is -0.490. The molecular formula is C17H17F2N3O3. The minimum absolute atomic E-state index is 0.228. The van der Waals surface area contributed by atoms with Crippen molar-refractivity contribution in [3.05, 3.63) is 53.6 Å². The molecule has 0 saturated carbocycles. The molecule has 0 bridgehead atoms. The zero-order valence-electron chi connectivity index (χ0n) is 13.7. The Balaban J connectivity index is 2.11. The smallest absolute Gasteiger partial charge is 0.262 e. The first-order valence-corrected chi connectivity index (χ1v) is 7.27. The van der Waals surface area contributed by atoms with E-state index in [4.69, 9.17) is 10.5 Å². The van der Waals surface area contributed by atoms with Crippen molar-refractivity contribution in [1.29, 1.82) is 0 Å². The van der Waals surface area contributed by atoms with Gasteiger partial charge in [-0.25, -0.2) is 8.78 Å². The van der Waals surface area contributed by atoms with E-state index in [1.54, 1.807) is 25.1 Å². The Morgan fingerprint density at radius 3 is 2.48 bits per heavy atom. The van der Waals surface area contributed by atoms with Crippen molar-refractivity contribution in [1.82, 2.24) is 0 Å². The molecule has 2 aromatic rings. The first kappa shape index (κ1) is 18.2. The predicted octanol–water partition coefficient (Wildman–Crippen LogP) is 2.15. The molecule has 0 heterocycles. The Bertz CT molecular complexity index is 810. The summed E-state index contributed by atoms with van der Waals surface area (Å²) in [5, 5.41) is 2.58. The van der Waals surface area contributed by atoms with Crippen LogP contribution in [0.1, 0.15) is 10.4 Å². The number of nitrogens with one attached hydrogen (secondary N) is 1. The van der Waals surface area contributed by atoms with Gasteiger partial charge in [-0.15, -0.1) is 0 Å². The maximum atomic E-state index is 13.5. The number of rotatable bonds is 6. The highest BCUT2D eigenvalue weighted by Gasteiger charge is 2.13. The van der Waals surface area contributed by atoms with E-state index in [1.807, 2.05) is 0 Å². The highest BCUT2D eigenvalue weighted by atomic mass is 19.1. The van der Waals surface area contributed by atoms with Gasteiger partial charge in [0.1, 0.15) is 5.82 Å². The lowest BCUT2D eigenvalue weighted by Gasteiger charge is -2.18. The Kier molecular flexibility index (Phi) is 5.53. The van der Waals surface area contributed by atoms with E-state index in [2.05, 4.69) is 5.32 Å². The number of primary amides is 1. The molecule has 0 aromatic heterocycles. The Morgan fingerprint density at radius 1 is 1.16 bits per heavy atom. The number of benzene rings is 2. The van der Waals surface area contributed by atoms with E-state index in [1.165, 1.54) is 12.1 Å². The molecule has 0 saturated heterocycles. The lowest BCUT2D eigenvalue weighted by molar-refractivity contribution is -0.118. The second-order valence-corrected chi connectivity index (χ2v) is 5.40. The van der Waals surface area contributed by atoms with E-state index in [9.17, 15) is 18.4 Å². The molecule has 2 rings (SSSR count). The van der Waals surface area contributed by atoms with E-state index < -0.39 is 30.1 Å². The van der Waals surface area contributed by atoms with Gasteiger partial charge in [0, 0.05) is 25.7 Å². The van der Waals surface area contributed by atoms with Gasteiger partial charge in [0.2, 0.25) is 5.91 Å². The van der Waals surface area contributed by atoms with Gasteiger partial charge in [0.25, 0.3) is 5.91 Å². The second kappa shape index (κ2) is 7.61. The van der Waals surface area contributed by atoms with Crippen LogP contribution in [0, 0.1) is 11.6 Å². The summed E-state index contributed by atoms with van der Waals surface area (Å²) >= 11 is 0. The quantitative estimate of drug-likeness (QED) is 0.837.